The summed E-state index contributed by atoms with van der Waals surface area (Å²) in [6.45, 7) is 2.80. The number of aromatic nitrogens is 2. The number of rotatable bonds is 2. The van der Waals surface area contributed by atoms with Gasteiger partial charge >= 0.3 is 0 Å². The van der Waals surface area contributed by atoms with Crippen LogP contribution in [-0.2, 0) is 0 Å². The summed E-state index contributed by atoms with van der Waals surface area (Å²) in [5.74, 6) is 1.29. The van der Waals surface area contributed by atoms with Crippen molar-refractivity contribution in [3.05, 3.63) is 35.5 Å². The largest absolute Gasteiger partial charge is 0.486 e. The van der Waals surface area contributed by atoms with Crippen molar-refractivity contribution in [2.24, 2.45) is 0 Å². The number of amides is 1. The van der Waals surface area contributed by atoms with Gasteiger partial charge in [-0.3, -0.25) is 9.89 Å². The topological polar surface area (TPSA) is 76.2 Å². The van der Waals surface area contributed by atoms with Gasteiger partial charge in [0.05, 0.1) is 5.56 Å². The fraction of sp³-hybridized carbons (Fsp3) is 0.231. The maximum atomic E-state index is 12.2. The fourth-order valence-corrected chi connectivity index (χ4v) is 1.92. The number of aromatic amines is 1. The Morgan fingerprint density at radius 2 is 2.21 bits per heavy atom. The van der Waals surface area contributed by atoms with Gasteiger partial charge in [0.15, 0.2) is 17.3 Å². The number of fused-ring (bicyclic) bond motifs is 1. The van der Waals surface area contributed by atoms with Crippen LogP contribution >= 0.6 is 0 Å². The van der Waals surface area contributed by atoms with E-state index in [4.69, 9.17) is 9.47 Å². The number of nitrogens with zero attached hydrogens (tertiary/aromatic N) is 1. The molecular formula is C13H13N3O3. The SMILES string of the molecule is Cc1cc(NC(=O)c2cccc3c2OCCO3)n[nH]1. The number of carbonyl (C=O) groups is 1. The molecule has 19 heavy (non-hydrogen) atoms. The zero-order chi connectivity index (χ0) is 13.2. The van der Waals surface area contributed by atoms with E-state index in [1.54, 1.807) is 24.3 Å². The van der Waals surface area contributed by atoms with Gasteiger partial charge in [-0.2, -0.15) is 5.10 Å². The third-order valence-electron chi connectivity index (χ3n) is 2.76. The smallest absolute Gasteiger partial charge is 0.260 e. The lowest BCUT2D eigenvalue weighted by atomic mass is 10.1. The van der Waals surface area contributed by atoms with Crippen LogP contribution in [0.5, 0.6) is 11.5 Å². The summed E-state index contributed by atoms with van der Waals surface area (Å²) in [4.78, 5) is 12.2. The van der Waals surface area contributed by atoms with Crippen molar-refractivity contribution >= 4 is 11.7 Å². The van der Waals surface area contributed by atoms with Crippen LogP contribution in [0, 0.1) is 6.92 Å². The number of hydrogen-bond donors (Lipinski definition) is 2. The Balaban J connectivity index is 1.87. The number of anilines is 1. The van der Waals surface area contributed by atoms with E-state index in [-0.39, 0.29) is 5.91 Å². The van der Waals surface area contributed by atoms with Crippen molar-refractivity contribution in [3.63, 3.8) is 0 Å². The molecule has 0 spiro atoms. The molecule has 0 atom stereocenters. The van der Waals surface area contributed by atoms with Gasteiger partial charge in [-0.05, 0) is 19.1 Å². The third-order valence-corrected chi connectivity index (χ3v) is 2.76. The molecular weight excluding hydrogens is 246 g/mol. The molecule has 0 saturated carbocycles. The van der Waals surface area contributed by atoms with Crippen LogP contribution < -0.4 is 14.8 Å². The zero-order valence-electron chi connectivity index (χ0n) is 10.4. The van der Waals surface area contributed by atoms with E-state index in [2.05, 4.69) is 15.5 Å². The lowest BCUT2D eigenvalue weighted by Crippen LogP contribution is -2.20. The van der Waals surface area contributed by atoms with E-state index in [1.807, 2.05) is 6.92 Å². The molecule has 1 aliphatic heterocycles. The number of para-hydroxylation sites is 1. The number of aryl methyl sites for hydroxylation is 1. The highest BCUT2D eigenvalue weighted by molar-refractivity contribution is 6.06. The molecule has 1 amide bonds. The molecule has 0 fully saturated rings. The average Bonchev–Trinajstić information content (AvgIpc) is 2.83. The maximum absolute atomic E-state index is 12.2. The lowest BCUT2D eigenvalue weighted by Gasteiger charge is -2.20. The van der Waals surface area contributed by atoms with Crippen molar-refractivity contribution < 1.29 is 14.3 Å². The number of benzene rings is 1. The molecule has 1 aliphatic rings. The van der Waals surface area contributed by atoms with E-state index in [0.29, 0.717) is 36.1 Å². The highest BCUT2D eigenvalue weighted by Crippen LogP contribution is 2.33. The van der Waals surface area contributed by atoms with E-state index >= 15 is 0 Å². The first kappa shape index (κ1) is 11.6. The van der Waals surface area contributed by atoms with Gasteiger partial charge in [0.2, 0.25) is 0 Å². The third kappa shape index (κ3) is 2.24. The summed E-state index contributed by atoms with van der Waals surface area (Å²) in [6, 6.07) is 7.00. The lowest BCUT2D eigenvalue weighted by molar-refractivity contribution is 0.101. The van der Waals surface area contributed by atoms with Crippen molar-refractivity contribution in [2.75, 3.05) is 18.5 Å². The van der Waals surface area contributed by atoms with Crippen LogP contribution in [0.15, 0.2) is 24.3 Å². The van der Waals surface area contributed by atoms with E-state index in [9.17, 15) is 4.79 Å². The molecule has 2 N–H and O–H groups in total. The molecule has 6 nitrogen and oxygen atoms in total. The van der Waals surface area contributed by atoms with Crippen LogP contribution in [-0.4, -0.2) is 29.3 Å². The number of carbonyl (C=O) groups excluding carboxylic acids is 1. The second-order valence-electron chi connectivity index (χ2n) is 4.22. The maximum Gasteiger partial charge on any atom is 0.260 e. The molecule has 0 aliphatic carbocycles. The molecule has 1 aromatic heterocycles. The summed E-state index contributed by atoms with van der Waals surface area (Å²) < 4.78 is 10.9. The van der Waals surface area contributed by atoms with Crippen LogP contribution in [0.3, 0.4) is 0 Å². The van der Waals surface area contributed by atoms with Crippen LogP contribution in [0.1, 0.15) is 16.1 Å². The summed E-state index contributed by atoms with van der Waals surface area (Å²) >= 11 is 0. The molecule has 6 heteroatoms. The Labute approximate surface area is 109 Å². The van der Waals surface area contributed by atoms with Gasteiger partial charge in [-0.15, -0.1) is 0 Å². The zero-order valence-corrected chi connectivity index (χ0v) is 10.4. The molecule has 2 heterocycles. The van der Waals surface area contributed by atoms with E-state index in [1.165, 1.54) is 0 Å². The molecule has 3 rings (SSSR count). The van der Waals surface area contributed by atoms with Gasteiger partial charge in [-0.25, -0.2) is 0 Å². The summed E-state index contributed by atoms with van der Waals surface area (Å²) in [7, 11) is 0. The molecule has 0 saturated heterocycles. The number of hydrogen-bond acceptors (Lipinski definition) is 4. The van der Waals surface area contributed by atoms with Gasteiger partial charge in [0.1, 0.15) is 13.2 Å². The molecule has 2 aromatic rings. The Kier molecular flexibility index (Phi) is 2.83. The normalized spacial score (nSPS) is 13.1. The van der Waals surface area contributed by atoms with Crippen LogP contribution in [0.4, 0.5) is 5.82 Å². The molecule has 1 aromatic carbocycles. The minimum Gasteiger partial charge on any atom is -0.486 e. The van der Waals surface area contributed by atoms with Crippen LogP contribution in [0.2, 0.25) is 0 Å². The number of H-pyrrole nitrogens is 1. The predicted octanol–water partition coefficient (Wildman–Crippen LogP) is 1.74. The first-order valence-corrected chi connectivity index (χ1v) is 5.96. The highest BCUT2D eigenvalue weighted by atomic mass is 16.6. The predicted molar refractivity (Wildman–Crippen MR) is 68.7 cm³/mol. The first-order valence-electron chi connectivity index (χ1n) is 5.96. The summed E-state index contributed by atoms with van der Waals surface area (Å²) in [5.41, 5.74) is 1.32. The molecule has 0 bridgehead atoms. The summed E-state index contributed by atoms with van der Waals surface area (Å²) in [6.07, 6.45) is 0. The van der Waals surface area contributed by atoms with Gasteiger partial charge < -0.3 is 14.8 Å². The highest BCUT2D eigenvalue weighted by Gasteiger charge is 2.20. The molecule has 98 valence electrons. The quantitative estimate of drug-likeness (QED) is 0.861. The van der Waals surface area contributed by atoms with Gasteiger partial charge in [0, 0.05) is 11.8 Å². The van der Waals surface area contributed by atoms with Crippen LogP contribution in [0.25, 0.3) is 0 Å². The minimum absolute atomic E-state index is 0.270. The Morgan fingerprint density at radius 1 is 1.37 bits per heavy atom. The Bertz CT molecular complexity index is 621. The van der Waals surface area contributed by atoms with E-state index < -0.39 is 0 Å². The van der Waals surface area contributed by atoms with Crippen molar-refractivity contribution in [2.45, 2.75) is 6.92 Å². The monoisotopic (exact) mass is 259 g/mol. The second-order valence-corrected chi connectivity index (χ2v) is 4.22. The van der Waals surface area contributed by atoms with Gasteiger partial charge in [0.25, 0.3) is 5.91 Å². The fourth-order valence-electron chi connectivity index (χ4n) is 1.92. The number of ether oxygens (including phenoxy) is 2. The minimum atomic E-state index is -0.270. The summed E-state index contributed by atoms with van der Waals surface area (Å²) in [5, 5.41) is 9.44. The first-order chi connectivity index (χ1) is 9.24. The van der Waals surface area contributed by atoms with Crippen molar-refractivity contribution in [1.82, 2.24) is 10.2 Å². The van der Waals surface area contributed by atoms with Gasteiger partial charge in [-0.1, -0.05) is 6.07 Å². The average molecular weight is 259 g/mol. The molecule has 0 unspecified atom stereocenters. The second kappa shape index (κ2) is 4.64. The van der Waals surface area contributed by atoms with Crippen molar-refractivity contribution in [3.8, 4) is 11.5 Å². The molecule has 0 radical (unpaired) electrons. The Morgan fingerprint density at radius 3 is 3.00 bits per heavy atom. The van der Waals surface area contributed by atoms with Crippen molar-refractivity contribution in [1.29, 1.82) is 0 Å². The van der Waals surface area contributed by atoms with E-state index in [0.717, 1.165) is 5.69 Å². The number of nitrogens with one attached hydrogen (secondary N) is 2. The standard InChI is InChI=1S/C13H13N3O3/c1-8-7-11(16-15-8)14-13(17)9-3-2-4-10-12(9)19-6-5-18-10/h2-4,7H,5-6H2,1H3,(H2,14,15,16,17). The Hall–Kier alpha value is -2.50.